The molecule has 1 atom stereocenters. The van der Waals surface area contributed by atoms with E-state index in [-0.39, 0.29) is 11.9 Å². The van der Waals surface area contributed by atoms with Crippen LogP contribution < -0.4 is 16.4 Å². The molecule has 0 fully saturated rings. The number of hydrogen-bond donors (Lipinski definition) is 3. The minimum atomic E-state index is -0.0438. The zero-order chi connectivity index (χ0) is 9.56. The van der Waals surface area contributed by atoms with Crippen molar-refractivity contribution in [1.29, 1.82) is 0 Å². The van der Waals surface area contributed by atoms with Gasteiger partial charge in [0.05, 0.1) is 0 Å². The van der Waals surface area contributed by atoms with Gasteiger partial charge in [0.2, 0.25) is 5.91 Å². The van der Waals surface area contributed by atoms with Gasteiger partial charge in [-0.2, -0.15) is 0 Å². The van der Waals surface area contributed by atoms with E-state index in [1.54, 1.807) is 13.2 Å². The number of nitrogens with two attached hydrogens (primary N) is 1. The molecule has 0 spiro atoms. The van der Waals surface area contributed by atoms with Crippen LogP contribution in [0, 0.1) is 0 Å². The molecule has 0 heterocycles. The molecular formula is C8H17N3O. The van der Waals surface area contributed by atoms with E-state index in [2.05, 4.69) is 10.6 Å². The van der Waals surface area contributed by atoms with Gasteiger partial charge in [-0.15, -0.1) is 0 Å². The molecule has 1 unspecified atom stereocenters. The van der Waals surface area contributed by atoms with E-state index >= 15 is 0 Å². The molecule has 4 N–H and O–H groups in total. The molecular weight excluding hydrogens is 154 g/mol. The molecule has 0 aliphatic rings. The smallest absolute Gasteiger partial charge is 0.217 e. The van der Waals surface area contributed by atoms with Crippen LogP contribution in [0.3, 0.4) is 0 Å². The highest BCUT2D eigenvalue weighted by Crippen LogP contribution is 1.95. The standard InChI is InChI=1S/C8H17N3O/c1-6(9)8(4-10-3)5-11-7(2)12/h4,6,10H,5,9H2,1-3H3,(H,11,12)/b8-4-. The molecule has 4 heteroatoms. The zero-order valence-corrected chi connectivity index (χ0v) is 7.85. The van der Waals surface area contributed by atoms with Gasteiger partial charge in [-0.3, -0.25) is 4.79 Å². The Kier molecular flexibility index (Phi) is 5.12. The Hall–Kier alpha value is -1.03. The number of nitrogens with one attached hydrogen (secondary N) is 2. The molecule has 1 amide bonds. The molecule has 70 valence electrons. The summed E-state index contributed by atoms with van der Waals surface area (Å²) in [6.45, 7) is 3.87. The Labute approximate surface area is 73.2 Å². The molecule has 0 saturated carbocycles. The third-order valence-corrected chi connectivity index (χ3v) is 1.46. The largest absolute Gasteiger partial charge is 0.394 e. The molecule has 0 aromatic carbocycles. The summed E-state index contributed by atoms with van der Waals surface area (Å²) in [6.07, 6.45) is 1.81. The summed E-state index contributed by atoms with van der Waals surface area (Å²) in [5.74, 6) is -0.0438. The van der Waals surface area contributed by atoms with Crippen molar-refractivity contribution in [2.45, 2.75) is 19.9 Å². The van der Waals surface area contributed by atoms with Crippen LogP contribution in [0.5, 0.6) is 0 Å². The molecule has 0 bridgehead atoms. The van der Waals surface area contributed by atoms with Crippen LogP contribution in [0.25, 0.3) is 0 Å². The van der Waals surface area contributed by atoms with Crippen LogP contribution in [0.2, 0.25) is 0 Å². The lowest BCUT2D eigenvalue weighted by Crippen LogP contribution is -2.30. The first-order chi connectivity index (χ1) is 5.57. The summed E-state index contributed by atoms with van der Waals surface area (Å²) in [7, 11) is 1.80. The van der Waals surface area contributed by atoms with E-state index in [1.165, 1.54) is 6.92 Å². The van der Waals surface area contributed by atoms with E-state index < -0.39 is 0 Å². The molecule has 0 aromatic heterocycles. The Bertz CT molecular complexity index is 175. The minimum Gasteiger partial charge on any atom is -0.394 e. The molecule has 0 radical (unpaired) electrons. The van der Waals surface area contributed by atoms with Crippen molar-refractivity contribution in [2.24, 2.45) is 5.73 Å². The van der Waals surface area contributed by atoms with Gasteiger partial charge >= 0.3 is 0 Å². The average Bonchev–Trinajstić information content (AvgIpc) is 1.96. The summed E-state index contributed by atoms with van der Waals surface area (Å²) in [6, 6.07) is -0.0377. The van der Waals surface area contributed by atoms with Crippen LogP contribution >= 0.6 is 0 Å². The lowest BCUT2D eigenvalue weighted by molar-refractivity contribution is -0.118. The fourth-order valence-corrected chi connectivity index (χ4v) is 0.755. The van der Waals surface area contributed by atoms with Crippen molar-refractivity contribution in [1.82, 2.24) is 10.6 Å². The first kappa shape index (κ1) is 11.0. The maximum atomic E-state index is 10.6. The Balaban J connectivity index is 3.97. The lowest BCUT2D eigenvalue weighted by atomic mass is 10.1. The summed E-state index contributed by atoms with van der Waals surface area (Å²) >= 11 is 0. The van der Waals surface area contributed by atoms with Gasteiger partial charge in [-0.25, -0.2) is 0 Å². The molecule has 12 heavy (non-hydrogen) atoms. The highest BCUT2D eigenvalue weighted by molar-refractivity contribution is 5.73. The average molecular weight is 171 g/mol. The maximum Gasteiger partial charge on any atom is 0.217 e. The van der Waals surface area contributed by atoms with Crippen LogP contribution in [0.1, 0.15) is 13.8 Å². The second-order valence-electron chi connectivity index (χ2n) is 2.71. The third kappa shape index (κ3) is 4.73. The number of rotatable bonds is 4. The third-order valence-electron chi connectivity index (χ3n) is 1.46. The van der Waals surface area contributed by atoms with Crippen LogP contribution in [0.4, 0.5) is 0 Å². The topological polar surface area (TPSA) is 67.1 Å². The quantitative estimate of drug-likeness (QED) is 0.538. The number of hydrogen-bond acceptors (Lipinski definition) is 3. The van der Waals surface area contributed by atoms with E-state index in [1.807, 2.05) is 6.92 Å². The first-order valence-corrected chi connectivity index (χ1v) is 3.94. The fourth-order valence-electron chi connectivity index (χ4n) is 0.755. The van der Waals surface area contributed by atoms with E-state index in [0.29, 0.717) is 6.54 Å². The Morgan fingerprint density at radius 3 is 2.58 bits per heavy atom. The normalized spacial score (nSPS) is 13.8. The van der Waals surface area contributed by atoms with E-state index in [4.69, 9.17) is 5.73 Å². The Morgan fingerprint density at radius 2 is 2.25 bits per heavy atom. The van der Waals surface area contributed by atoms with Gasteiger partial charge in [0.15, 0.2) is 0 Å². The van der Waals surface area contributed by atoms with Gasteiger partial charge in [0.25, 0.3) is 0 Å². The van der Waals surface area contributed by atoms with Gasteiger partial charge in [0.1, 0.15) is 0 Å². The summed E-state index contributed by atoms with van der Waals surface area (Å²) in [5.41, 5.74) is 6.63. The van der Waals surface area contributed by atoms with Gasteiger partial charge in [-0.05, 0) is 18.7 Å². The maximum absolute atomic E-state index is 10.6. The second kappa shape index (κ2) is 5.60. The van der Waals surface area contributed by atoms with Crippen LogP contribution in [-0.2, 0) is 4.79 Å². The highest BCUT2D eigenvalue weighted by Gasteiger charge is 2.02. The highest BCUT2D eigenvalue weighted by atomic mass is 16.1. The minimum absolute atomic E-state index is 0.0377. The van der Waals surface area contributed by atoms with Crippen molar-refractivity contribution >= 4 is 5.91 Å². The predicted octanol–water partition coefficient (Wildman–Crippen LogP) is -0.427. The fraction of sp³-hybridized carbons (Fsp3) is 0.625. The summed E-state index contributed by atoms with van der Waals surface area (Å²) in [4.78, 5) is 10.6. The number of carbonyl (C=O) groups is 1. The molecule has 0 aliphatic carbocycles. The van der Waals surface area contributed by atoms with Crippen molar-refractivity contribution in [3.63, 3.8) is 0 Å². The summed E-state index contributed by atoms with van der Waals surface area (Å²) in [5, 5.41) is 5.56. The number of carbonyl (C=O) groups excluding carboxylic acids is 1. The lowest BCUT2D eigenvalue weighted by Gasteiger charge is -2.11. The first-order valence-electron chi connectivity index (χ1n) is 3.94. The van der Waals surface area contributed by atoms with Crippen LogP contribution in [-0.4, -0.2) is 25.5 Å². The van der Waals surface area contributed by atoms with Gasteiger partial charge in [-0.1, -0.05) is 0 Å². The van der Waals surface area contributed by atoms with E-state index in [9.17, 15) is 4.79 Å². The van der Waals surface area contributed by atoms with E-state index in [0.717, 1.165) is 5.57 Å². The van der Waals surface area contributed by atoms with Crippen molar-refractivity contribution in [3.05, 3.63) is 11.8 Å². The molecule has 4 nitrogen and oxygen atoms in total. The molecule has 0 aliphatic heterocycles. The van der Waals surface area contributed by atoms with Crippen molar-refractivity contribution in [2.75, 3.05) is 13.6 Å². The van der Waals surface area contributed by atoms with Gasteiger partial charge < -0.3 is 16.4 Å². The van der Waals surface area contributed by atoms with Crippen LogP contribution in [0.15, 0.2) is 11.8 Å². The number of amides is 1. The Morgan fingerprint density at radius 1 is 1.67 bits per heavy atom. The van der Waals surface area contributed by atoms with Crippen molar-refractivity contribution in [3.8, 4) is 0 Å². The van der Waals surface area contributed by atoms with Crippen molar-refractivity contribution < 1.29 is 4.79 Å². The summed E-state index contributed by atoms with van der Waals surface area (Å²) < 4.78 is 0. The van der Waals surface area contributed by atoms with Gasteiger partial charge in [0, 0.05) is 26.6 Å². The SMILES string of the molecule is CN/C=C(/CNC(C)=O)C(C)N. The molecule has 0 rings (SSSR count). The molecule has 0 saturated heterocycles. The molecule has 0 aromatic rings. The zero-order valence-electron chi connectivity index (χ0n) is 7.85. The predicted molar refractivity (Wildman–Crippen MR) is 49.5 cm³/mol. The second-order valence-corrected chi connectivity index (χ2v) is 2.71. The monoisotopic (exact) mass is 171 g/mol.